The van der Waals surface area contributed by atoms with Crippen molar-refractivity contribution in [1.29, 1.82) is 0 Å². The number of nitrogens with zero attached hydrogens (tertiary/aromatic N) is 1. The molecule has 104 valence electrons. The molecule has 7 heteroatoms. The van der Waals surface area contributed by atoms with Gasteiger partial charge in [-0.25, -0.2) is 14.6 Å². The first kappa shape index (κ1) is 14.7. The summed E-state index contributed by atoms with van der Waals surface area (Å²) in [7, 11) is 0. The number of hydrogen-bond donors (Lipinski definition) is 3. The minimum atomic E-state index is -1.00. The van der Waals surface area contributed by atoms with Gasteiger partial charge in [0.1, 0.15) is 12.4 Å². The summed E-state index contributed by atoms with van der Waals surface area (Å²) in [4.78, 5) is 25.6. The quantitative estimate of drug-likeness (QED) is 0.640. The minimum Gasteiger partial charge on any atom is -0.478 e. The molecule has 19 heavy (non-hydrogen) atoms. The van der Waals surface area contributed by atoms with Crippen LogP contribution >= 0.6 is 0 Å². The molecule has 1 heterocycles. The van der Waals surface area contributed by atoms with Crippen molar-refractivity contribution in [3.05, 3.63) is 23.4 Å². The Hall–Kier alpha value is -2.31. The van der Waals surface area contributed by atoms with Crippen LogP contribution in [0.3, 0.4) is 0 Å². The van der Waals surface area contributed by atoms with Crippen molar-refractivity contribution in [3.8, 4) is 0 Å². The highest BCUT2D eigenvalue weighted by Gasteiger charge is 2.08. The van der Waals surface area contributed by atoms with E-state index in [1.54, 1.807) is 6.07 Å². The van der Waals surface area contributed by atoms with Gasteiger partial charge in [-0.15, -0.1) is 0 Å². The number of nitrogens with two attached hydrogens (primary N) is 1. The maximum absolute atomic E-state index is 11.0. The van der Waals surface area contributed by atoms with Crippen LogP contribution in [-0.4, -0.2) is 35.3 Å². The van der Waals surface area contributed by atoms with Crippen LogP contribution in [0.25, 0.3) is 0 Å². The molecule has 0 fully saturated rings. The summed E-state index contributed by atoms with van der Waals surface area (Å²) < 4.78 is 4.55. The smallest absolute Gasteiger partial charge is 0.404 e. The number of carboxylic acids is 1. The predicted octanol–water partition coefficient (Wildman–Crippen LogP) is 1.24. The number of ether oxygens (including phenoxy) is 1. The number of carboxylic acid groups (broad SMARTS) is 1. The third-order valence-corrected chi connectivity index (χ3v) is 2.28. The zero-order chi connectivity index (χ0) is 14.3. The van der Waals surface area contributed by atoms with Gasteiger partial charge < -0.3 is 20.9 Å². The SMILES string of the molecule is CCCc1cc(C(=O)O)cc(NCCOC(N)=O)n1. The number of nitrogens with one attached hydrogen (secondary N) is 1. The van der Waals surface area contributed by atoms with Crippen molar-refractivity contribution in [2.24, 2.45) is 5.73 Å². The van der Waals surface area contributed by atoms with Crippen LogP contribution < -0.4 is 11.1 Å². The van der Waals surface area contributed by atoms with Crippen LogP contribution in [0.15, 0.2) is 12.1 Å². The van der Waals surface area contributed by atoms with Crippen LogP contribution in [-0.2, 0) is 11.2 Å². The third-order valence-electron chi connectivity index (χ3n) is 2.28. The zero-order valence-corrected chi connectivity index (χ0v) is 10.7. The topological polar surface area (TPSA) is 115 Å². The molecule has 1 amide bonds. The number of anilines is 1. The molecular formula is C12H17N3O4. The van der Waals surface area contributed by atoms with Gasteiger partial charge in [0.15, 0.2) is 0 Å². The number of pyridine rings is 1. The van der Waals surface area contributed by atoms with Gasteiger partial charge in [0.05, 0.1) is 12.1 Å². The Morgan fingerprint density at radius 2 is 2.21 bits per heavy atom. The van der Waals surface area contributed by atoms with Gasteiger partial charge in [0, 0.05) is 5.69 Å². The van der Waals surface area contributed by atoms with E-state index in [4.69, 9.17) is 10.8 Å². The van der Waals surface area contributed by atoms with Crippen molar-refractivity contribution in [3.63, 3.8) is 0 Å². The lowest BCUT2D eigenvalue weighted by molar-refractivity contribution is 0.0696. The van der Waals surface area contributed by atoms with Gasteiger partial charge in [-0.1, -0.05) is 13.3 Å². The Kier molecular flexibility index (Phi) is 5.59. The summed E-state index contributed by atoms with van der Waals surface area (Å²) in [5, 5.41) is 11.9. The lowest BCUT2D eigenvalue weighted by Crippen LogP contribution is -2.19. The van der Waals surface area contributed by atoms with Gasteiger partial charge in [-0.3, -0.25) is 0 Å². The Bertz CT molecular complexity index is 462. The molecule has 0 bridgehead atoms. The average Bonchev–Trinajstić information content (AvgIpc) is 2.34. The fraction of sp³-hybridized carbons (Fsp3) is 0.417. The van der Waals surface area contributed by atoms with E-state index in [1.807, 2.05) is 6.92 Å². The summed E-state index contributed by atoms with van der Waals surface area (Å²) in [6.45, 7) is 2.39. The van der Waals surface area contributed by atoms with Crippen LogP contribution in [0, 0.1) is 0 Å². The van der Waals surface area contributed by atoms with E-state index in [-0.39, 0.29) is 12.2 Å². The molecule has 4 N–H and O–H groups in total. The number of amides is 1. The maximum atomic E-state index is 11.0. The second-order valence-electron chi connectivity index (χ2n) is 3.88. The molecule has 0 aliphatic heterocycles. The van der Waals surface area contributed by atoms with Crippen LogP contribution in [0.5, 0.6) is 0 Å². The molecule has 0 atom stereocenters. The molecule has 0 radical (unpaired) electrons. The monoisotopic (exact) mass is 267 g/mol. The van der Waals surface area contributed by atoms with Crippen molar-refractivity contribution >= 4 is 17.9 Å². The van der Waals surface area contributed by atoms with Crippen LogP contribution in [0.2, 0.25) is 0 Å². The fourth-order valence-electron chi connectivity index (χ4n) is 1.52. The highest BCUT2D eigenvalue weighted by molar-refractivity contribution is 5.88. The fourth-order valence-corrected chi connectivity index (χ4v) is 1.52. The molecule has 0 saturated carbocycles. The van der Waals surface area contributed by atoms with Gasteiger partial charge in [0.25, 0.3) is 0 Å². The molecule has 0 unspecified atom stereocenters. The lowest BCUT2D eigenvalue weighted by atomic mass is 10.1. The number of carbonyl (C=O) groups excluding carboxylic acids is 1. The largest absolute Gasteiger partial charge is 0.478 e. The summed E-state index contributed by atoms with van der Waals surface area (Å²) in [5.74, 6) is -0.562. The summed E-state index contributed by atoms with van der Waals surface area (Å²) >= 11 is 0. The highest BCUT2D eigenvalue weighted by Crippen LogP contribution is 2.12. The molecule has 0 aromatic carbocycles. The summed E-state index contributed by atoms with van der Waals surface area (Å²) in [6, 6.07) is 2.99. The van der Waals surface area contributed by atoms with E-state index in [2.05, 4.69) is 15.0 Å². The second-order valence-corrected chi connectivity index (χ2v) is 3.88. The number of aryl methyl sites for hydroxylation is 1. The number of carbonyl (C=O) groups is 2. The van der Waals surface area contributed by atoms with E-state index in [0.717, 1.165) is 6.42 Å². The number of aromatic carboxylic acids is 1. The van der Waals surface area contributed by atoms with Crippen LogP contribution in [0.1, 0.15) is 29.4 Å². The van der Waals surface area contributed by atoms with Crippen molar-refractivity contribution in [2.75, 3.05) is 18.5 Å². The van der Waals surface area contributed by atoms with E-state index < -0.39 is 12.1 Å². The van der Waals surface area contributed by atoms with Crippen molar-refractivity contribution in [2.45, 2.75) is 19.8 Å². The maximum Gasteiger partial charge on any atom is 0.404 e. The van der Waals surface area contributed by atoms with E-state index in [0.29, 0.717) is 24.5 Å². The molecule has 0 saturated heterocycles. The Balaban J connectivity index is 2.70. The van der Waals surface area contributed by atoms with E-state index >= 15 is 0 Å². The summed E-state index contributed by atoms with van der Waals surface area (Å²) in [5.41, 5.74) is 5.70. The summed E-state index contributed by atoms with van der Waals surface area (Å²) in [6.07, 6.45) is 0.731. The standard InChI is InChI=1S/C12H17N3O4/c1-2-3-9-6-8(11(16)17)7-10(15-9)14-4-5-19-12(13)18/h6-7H,2-5H2,1H3,(H2,13,18)(H,14,15)(H,16,17). The molecular weight excluding hydrogens is 250 g/mol. The number of primary amides is 1. The number of hydrogen-bond acceptors (Lipinski definition) is 5. The van der Waals surface area contributed by atoms with Crippen molar-refractivity contribution < 1.29 is 19.4 Å². The normalized spacial score (nSPS) is 9.95. The Morgan fingerprint density at radius 3 is 2.79 bits per heavy atom. The molecule has 0 aliphatic rings. The first-order valence-electron chi connectivity index (χ1n) is 5.93. The van der Waals surface area contributed by atoms with Crippen molar-refractivity contribution in [1.82, 2.24) is 4.98 Å². The highest BCUT2D eigenvalue weighted by atomic mass is 16.5. The van der Waals surface area contributed by atoms with E-state index in [9.17, 15) is 9.59 Å². The van der Waals surface area contributed by atoms with Gasteiger partial charge in [-0.05, 0) is 18.6 Å². The van der Waals surface area contributed by atoms with Gasteiger partial charge >= 0.3 is 12.1 Å². The molecule has 7 nitrogen and oxygen atoms in total. The molecule has 1 rings (SSSR count). The Morgan fingerprint density at radius 1 is 1.47 bits per heavy atom. The van der Waals surface area contributed by atoms with Gasteiger partial charge in [0.2, 0.25) is 0 Å². The third kappa shape index (κ3) is 5.24. The zero-order valence-electron chi connectivity index (χ0n) is 10.7. The minimum absolute atomic E-state index is 0.0947. The predicted molar refractivity (Wildman–Crippen MR) is 69.2 cm³/mol. The Labute approximate surface area is 110 Å². The molecule has 1 aromatic rings. The van der Waals surface area contributed by atoms with E-state index in [1.165, 1.54) is 6.07 Å². The average molecular weight is 267 g/mol. The first-order chi connectivity index (χ1) is 9.02. The van der Waals surface area contributed by atoms with Crippen LogP contribution in [0.4, 0.5) is 10.6 Å². The number of rotatable bonds is 7. The molecule has 1 aromatic heterocycles. The molecule has 0 aliphatic carbocycles. The first-order valence-corrected chi connectivity index (χ1v) is 5.93. The van der Waals surface area contributed by atoms with Gasteiger partial charge in [-0.2, -0.15) is 0 Å². The lowest BCUT2D eigenvalue weighted by Gasteiger charge is -2.08. The number of aromatic nitrogens is 1. The molecule has 0 spiro atoms. The second kappa shape index (κ2) is 7.20.